The van der Waals surface area contributed by atoms with Crippen LogP contribution < -0.4 is 5.14 Å². The zero-order valence-electron chi connectivity index (χ0n) is 8.81. The Morgan fingerprint density at radius 1 is 1.44 bits per heavy atom. The number of fused-ring (bicyclic) bond motifs is 1. The van der Waals surface area contributed by atoms with E-state index in [-0.39, 0.29) is 14.7 Å². The van der Waals surface area contributed by atoms with Gasteiger partial charge in [-0.2, -0.15) is 0 Å². The van der Waals surface area contributed by atoms with Gasteiger partial charge in [0.1, 0.15) is 4.21 Å². The van der Waals surface area contributed by atoms with Crippen LogP contribution in [0.15, 0.2) is 14.5 Å². The van der Waals surface area contributed by atoms with E-state index in [1.165, 1.54) is 17.8 Å². The number of hydrogen-bond donors (Lipinski definition) is 1. The minimum atomic E-state index is -3.70. The molecule has 1 aliphatic rings. The molecular formula is C9H11NO3S3. The molecular weight excluding hydrogens is 266 g/mol. The van der Waals surface area contributed by atoms with Gasteiger partial charge in [-0.05, 0) is 19.9 Å². The molecule has 0 saturated heterocycles. The molecule has 16 heavy (non-hydrogen) atoms. The Labute approximate surface area is 102 Å². The predicted octanol–water partition coefficient (Wildman–Crippen LogP) is 1.85. The zero-order chi connectivity index (χ0) is 12.1. The lowest BCUT2D eigenvalue weighted by molar-refractivity contribution is 0.0968. The first-order valence-electron chi connectivity index (χ1n) is 4.58. The Bertz CT molecular complexity index is 557. The fourth-order valence-corrected chi connectivity index (χ4v) is 5.43. The lowest BCUT2D eigenvalue weighted by Crippen LogP contribution is -2.24. The first-order valence-corrected chi connectivity index (χ1v) is 7.76. The van der Waals surface area contributed by atoms with E-state index >= 15 is 0 Å². The minimum Gasteiger partial charge on any atom is -0.294 e. The molecule has 0 amide bonds. The Hall–Kier alpha value is -0.370. The molecule has 0 fully saturated rings. The summed E-state index contributed by atoms with van der Waals surface area (Å²) >= 11 is 2.61. The zero-order valence-corrected chi connectivity index (χ0v) is 11.3. The van der Waals surface area contributed by atoms with Crippen molar-refractivity contribution in [2.45, 2.75) is 33.4 Å². The third kappa shape index (κ3) is 2.17. The monoisotopic (exact) mass is 277 g/mol. The minimum absolute atomic E-state index is 0.00935. The van der Waals surface area contributed by atoms with Crippen LogP contribution in [0.4, 0.5) is 0 Å². The normalized spacial score (nSPS) is 19.6. The van der Waals surface area contributed by atoms with Crippen LogP contribution in [0.2, 0.25) is 0 Å². The van der Waals surface area contributed by atoms with Gasteiger partial charge in [0.2, 0.25) is 10.0 Å². The smallest absolute Gasteiger partial charge is 0.247 e. The second kappa shape index (κ2) is 3.56. The number of thiophene rings is 1. The van der Waals surface area contributed by atoms with Crippen molar-refractivity contribution in [2.24, 2.45) is 5.14 Å². The molecule has 4 nitrogen and oxygen atoms in total. The van der Waals surface area contributed by atoms with Crippen LogP contribution in [0, 0.1) is 0 Å². The number of hydrogen-bond acceptors (Lipinski definition) is 5. The van der Waals surface area contributed by atoms with Crippen LogP contribution in [0.3, 0.4) is 0 Å². The van der Waals surface area contributed by atoms with Crippen molar-refractivity contribution in [3.63, 3.8) is 0 Å². The predicted molar refractivity (Wildman–Crippen MR) is 64.6 cm³/mol. The van der Waals surface area contributed by atoms with E-state index in [1.54, 1.807) is 0 Å². The van der Waals surface area contributed by atoms with E-state index in [9.17, 15) is 13.2 Å². The summed E-state index contributed by atoms with van der Waals surface area (Å²) in [6, 6.07) is 1.39. The van der Waals surface area contributed by atoms with Crippen LogP contribution in [0.5, 0.6) is 0 Å². The van der Waals surface area contributed by atoms with Crippen LogP contribution >= 0.6 is 23.1 Å². The Balaban J connectivity index is 2.54. The maximum absolute atomic E-state index is 11.8. The van der Waals surface area contributed by atoms with Gasteiger partial charge in [0, 0.05) is 16.7 Å². The maximum atomic E-state index is 11.8. The van der Waals surface area contributed by atoms with Gasteiger partial charge in [0.15, 0.2) is 5.78 Å². The van der Waals surface area contributed by atoms with Crippen molar-refractivity contribution in [2.75, 3.05) is 0 Å². The molecule has 0 atom stereocenters. The summed E-state index contributed by atoms with van der Waals surface area (Å²) in [5, 5.41) is 5.04. The number of nitrogens with two attached hydrogens (primary N) is 1. The molecule has 88 valence electrons. The third-order valence-electron chi connectivity index (χ3n) is 2.21. The van der Waals surface area contributed by atoms with Crippen LogP contribution in [-0.2, 0) is 10.0 Å². The molecule has 0 bridgehead atoms. The summed E-state index contributed by atoms with van der Waals surface area (Å²) in [6.07, 6.45) is 0.422. The Morgan fingerprint density at radius 2 is 2.06 bits per heavy atom. The lowest BCUT2D eigenvalue weighted by atomic mass is 10.0. The standard InChI is InChI=1S/C9H11NO3S3/c1-9(2)4-6(11)5-3-7(16(10,12)13)14-8(5)15-9/h3H,4H2,1-2H3,(H2,10,12,13). The third-order valence-corrected chi connectivity index (χ3v) is 6.16. The number of thioether (sulfide) groups is 1. The van der Waals surface area contributed by atoms with Gasteiger partial charge in [-0.15, -0.1) is 23.1 Å². The van der Waals surface area contributed by atoms with Crippen molar-refractivity contribution in [1.29, 1.82) is 0 Å². The number of ketones is 1. The summed E-state index contributed by atoms with van der Waals surface area (Å²) in [5.74, 6) is -0.00935. The summed E-state index contributed by atoms with van der Waals surface area (Å²) in [7, 11) is -3.70. The average molecular weight is 277 g/mol. The molecule has 1 aromatic heterocycles. The van der Waals surface area contributed by atoms with Crippen LogP contribution in [-0.4, -0.2) is 18.9 Å². The van der Waals surface area contributed by atoms with Gasteiger partial charge in [0.25, 0.3) is 0 Å². The summed E-state index contributed by atoms with van der Waals surface area (Å²) in [6.45, 7) is 3.93. The number of rotatable bonds is 1. The van der Waals surface area contributed by atoms with E-state index in [0.29, 0.717) is 12.0 Å². The van der Waals surface area contributed by atoms with Crippen molar-refractivity contribution in [1.82, 2.24) is 0 Å². The highest BCUT2D eigenvalue weighted by Gasteiger charge is 2.34. The van der Waals surface area contributed by atoms with Crippen molar-refractivity contribution in [3.05, 3.63) is 11.6 Å². The molecule has 0 aliphatic carbocycles. The number of carbonyl (C=O) groups excluding carboxylic acids is 1. The molecule has 0 unspecified atom stereocenters. The molecule has 0 saturated carbocycles. The van der Waals surface area contributed by atoms with Gasteiger partial charge >= 0.3 is 0 Å². The molecule has 2 rings (SSSR count). The number of carbonyl (C=O) groups is 1. The molecule has 0 radical (unpaired) electrons. The van der Waals surface area contributed by atoms with Gasteiger partial charge in [-0.1, -0.05) is 0 Å². The number of sulfonamides is 1. The Morgan fingerprint density at radius 3 is 2.62 bits per heavy atom. The molecule has 2 heterocycles. The first kappa shape index (κ1) is 12.1. The molecule has 2 N–H and O–H groups in total. The molecule has 1 aromatic rings. The van der Waals surface area contributed by atoms with Crippen molar-refractivity contribution in [3.8, 4) is 0 Å². The summed E-state index contributed by atoms with van der Waals surface area (Å²) < 4.78 is 23.0. The molecule has 0 aromatic carbocycles. The van der Waals surface area contributed by atoms with Gasteiger partial charge in [-0.3, -0.25) is 4.79 Å². The van der Waals surface area contributed by atoms with E-state index < -0.39 is 10.0 Å². The SMILES string of the molecule is CC1(C)CC(=O)c2cc(S(N)(=O)=O)sc2S1. The first-order chi connectivity index (χ1) is 7.19. The second-order valence-corrected chi connectivity index (χ2v) is 9.09. The van der Waals surface area contributed by atoms with E-state index in [1.807, 2.05) is 13.8 Å². The Kier molecular flexibility index (Phi) is 2.69. The summed E-state index contributed by atoms with van der Waals surface area (Å²) in [4.78, 5) is 11.8. The number of Topliss-reactive ketones (excluding diaryl/α,β-unsaturated/α-hetero) is 1. The van der Waals surface area contributed by atoms with Crippen molar-refractivity contribution < 1.29 is 13.2 Å². The van der Waals surface area contributed by atoms with Gasteiger partial charge in [-0.25, -0.2) is 13.6 Å². The quantitative estimate of drug-likeness (QED) is 0.850. The van der Waals surface area contributed by atoms with E-state index in [2.05, 4.69) is 0 Å². The highest BCUT2D eigenvalue weighted by atomic mass is 32.3. The van der Waals surface area contributed by atoms with E-state index in [4.69, 9.17) is 5.14 Å². The maximum Gasteiger partial charge on any atom is 0.247 e. The average Bonchev–Trinajstić information content (AvgIpc) is 2.44. The lowest BCUT2D eigenvalue weighted by Gasteiger charge is -2.26. The fourth-order valence-electron chi connectivity index (χ4n) is 1.53. The second-order valence-electron chi connectivity index (χ2n) is 4.27. The van der Waals surface area contributed by atoms with Gasteiger partial charge in [0.05, 0.1) is 4.21 Å². The van der Waals surface area contributed by atoms with Gasteiger partial charge < -0.3 is 0 Å². The highest BCUT2D eigenvalue weighted by Crippen LogP contribution is 2.47. The summed E-state index contributed by atoms with van der Waals surface area (Å²) in [5.41, 5.74) is 0.498. The fraction of sp³-hybridized carbons (Fsp3) is 0.444. The van der Waals surface area contributed by atoms with Crippen LogP contribution in [0.1, 0.15) is 30.6 Å². The molecule has 7 heteroatoms. The molecule has 1 aliphatic heterocycles. The topological polar surface area (TPSA) is 77.2 Å². The molecule has 0 spiro atoms. The number of primary sulfonamides is 1. The van der Waals surface area contributed by atoms with Crippen molar-refractivity contribution >= 4 is 38.9 Å². The highest BCUT2D eigenvalue weighted by molar-refractivity contribution is 8.03. The van der Waals surface area contributed by atoms with Crippen LogP contribution in [0.25, 0.3) is 0 Å². The van der Waals surface area contributed by atoms with E-state index in [0.717, 1.165) is 15.5 Å². The largest absolute Gasteiger partial charge is 0.294 e.